The first-order chi connectivity index (χ1) is 13.9. The highest BCUT2D eigenvalue weighted by molar-refractivity contribution is 5.89. The van der Waals surface area contributed by atoms with Gasteiger partial charge in [0.15, 0.2) is 11.5 Å². The number of carbonyl (C=O) groups excluding carboxylic acids is 1. The third-order valence-corrected chi connectivity index (χ3v) is 4.97. The number of piperazine rings is 1. The van der Waals surface area contributed by atoms with Gasteiger partial charge in [-0.05, 0) is 42.0 Å². The Morgan fingerprint density at radius 3 is 2.34 bits per heavy atom. The molecule has 2 amide bonds. The Labute approximate surface area is 165 Å². The van der Waals surface area contributed by atoms with E-state index in [0.717, 1.165) is 35.7 Å². The van der Waals surface area contributed by atoms with Crippen LogP contribution in [0.3, 0.4) is 0 Å². The molecular weight excluding hydrogens is 387 g/mol. The van der Waals surface area contributed by atoms with E-state index < -0.39 is 11.7 Å². The highest BCUT2D eigenvalue weighted by Gasteiger charge is 2.30. The molecule has 6 nitrogen and oxygen atoms in total. The van der Waals surface area contributed by atoms with Gasteiger partial charge in [0.2, 0.25) is 6.79 Å². The molecule has 0 bridgehead atoms. The van der Waals surface area contributed by atoms with Crippen molar-refractivity contribution < 1.29 is 27.4 Å². The summed E-state index contributed by atoms with van der Waals surface area (Å²) in [6, 6.07) is 9.98. The lowest BCUT2D eigenvalue weighted by atomic mass is 10.1. The summed E-state index contributed by atoms with van der Waals surface area (Å²) in [4.78, 5) is 16.3. The first kappa shape index (κ1) is 19.4. The van der Waals surface area contributed by atoms with Gasteiger partial charge in [-0.15, -0.1) is 0 Å². The van der Waals surface area contributed by atoms with E-state index in [9.17, 15) is 18.0 Å². The average Bonchev–Trinajstić information content (AvgIpc) is 3.16. The smallest absolute Gasteiger partial charge is 0.416 e. The molecule has 9 heteroatoms. The molecule has 154 valence electrons. The molecule has 1 N–H and O–H groups in total. The Balaban J connectivity index is 1.27. The highest BCUT2D eigenvalue weighted by Crippen LogP contribution is 2.33. The Hall–Kier alpha value is -2.94. The topological polar surface area (TPSA) is 54.0 Å². The molecule has 29 heavy (non-hydrogen) atoms. The van der Waals surface area contributed by atoms with Crippen LogP contribution in [0.15, 0.2) is 42.5 Å². The summed E-state index contributed by atoms with van der Waals surface area (Å²) in [5.41, 5.74) is 0.704. The lowest BCUT2D eigenvalue weighted by molar-refractivity contribution is -0.137. The van der Waals surface area contributed by atoms with Crippen LogP contribution in [0.5, 0.6) is 11.5 Å². The Morgan fingerprint density at radius 1 is 0.966 bits per heavy atom. The van der Waals surface area contributed by atoms with Crippen LogP contribution in [-0.4, -0.2) is 48.8 Å². The van der Waals surface area contributed by atoms with E-state index in [0.29, 0.717) is 31.9 Å². The van der Waals surface area contributed by atoms with Crippen LogP contribution in [0, 0.1) is 0 Å². The summed E-state index contributed by atoms with van der Waals surface area (Å²) in [6.45, 7) is 3.47. The average molecular weight is 407 g/mol. The quantitative estimate of drug-likeness (QED) is 0.842. The van der Waals surface area contributed by atoms with Gasteiger partial charge in [0.05, 0.1) is 5.56 Å². The van der Waals surface area contributed by atoms with E-state index in [1.165, 1.54) is 12.1 Å². The van der Waals surface area contributed by atoms with Gasteiger partial charge >= 0.3 is 12.2 Å². The lowest BCUT2D eigenvalue weighted by Gasteiger charge is -2.34. The van der Waals surface area contributed by atoms with Gasteiger partial charge in [0.25, 0.3) is 0 Å². The molecule has 2 aromatic rings. The monoisotopic (exact) mass is 407 g/mol. The minimum Gasteiger partial charge on any atom is -0.454 e. The number of hydrogen-bond acceptors (Lipinski definition) is 4. The number of benzene rings is 2. The van der Waals surface area contributed by atoms with E-state index in [2.05, 4.69) is 10.2 Å². The number of nitrogens with one attached hydrogen (secondary N) is 1. The largest absolute Gasteiger partial charge is 0.454 e. The first-order valence-electron chi connectivity index (χ1n) is 9.22. The predicted octanol–water partition coefficient (Wildman–Crippen LogP) is 3.78. The van der Waals surface area contributed by atoms with Crippen LogP contribution < -0.4 is 14.8 Å². The van der Waals surface area contributed by atoms with E-state index in [4.69, 9.17) is 9.47 Å². The summed E-state index contributed by atoms with van der Waals surface area (Å²) in [5.74, 6) is 1.50. The molecule has 0 saturated carbocycles. The third-order valence-electron chi connectivity index (χ3n) is 4.97. The number of carbonyl (C=O) groups is 1. The summed E-state index contributed by atoms with van der Waals surface area (Å²) < 4.78 is 48.6. The number of ether oxygens (including phenoxy) is 2. The van der Waals surface area contributed by atoms with Crippen molar-refractivity contribution in [3.8, 4) is 11.5 Å². The van der Waals surface area contributed by atoms with Gasteiger partial charge in [0.1, 0.15) is 0 Å². The van der Waals surface area contributed by atoms with Crippen molar-refractivity contribution in [1.82, 2.24) is 9.80 Å². The molecule has 0 radical (unpaired) electrons. The van der Waals surface area contributed by atoms with Gasteiger partial charge in [-0.1, -0.05) is 6.07 Å². The molecule has 0 unspecified atom stereocenters. The summed E-state index contributed by atoms with van der Waals surface area (Å²) >= 11 is 0. The number of anilines is 1. The van der Waals surface area contributed by atoms with Gasteiger partial charge in [-0.2, -0.15) is 13.2 Å². The minimum absolute atomic E-state index is 0.242. The number of amides is 2. The minimum atomic E-state index is -4.39. The fraction of sp³-hybridized carbons (Fsp3) is 0.350. The number of rotatable bonds is 3. The maximum atomic E-state index is 12.6. The number of alkyl halides is 3. The predicted molar refractivity (Wildman–Crippen MR) is 99.9 cm³/mol. The second-order valence-corrected chi connectivity index (χ2v) is 6.96. The van der Waals surface area contributed by atoms with Crippen LogP contribution >= 0.6 is 0 Å². The summed E-state index contributed by atoms with van der Waals surface area (Å²) in [6.07, 6.45) is -4.39. The molecule has 1 saturated heterocycles. The molecule has 4 rings (SSSR count). The van der Waals surface area contributed by atoms with Crippen LogP contribution in [0.1, 0.15) is 11.1 Å². The van der Waals surface area contributed by atoms with E-state index in [-0.39, 0.29) is 12.8 Å². The second kappa shape index (κ2) is 7.82. The number of fused-ring (bicyclic) bond motifs is 1. The van der Waals surface area contributed by atoms with Gasteiger partial charge in [-0.3, -0.25) is 4.90 Å². The molecule has 2 aliphatic heterocycles. The van der Waals surface area contributed by atoms with Crippen molar-refractivity contribution in [3.63, 3.8) is 0 Å². The SMILES string of the molecule is O=C(Nc1ccc(C(F)(F)F)cc1)N1CCN(Cc2ccc3c(c2)OCO3)CC1. The molecular formula is C20H20F3N3O3. The summed E-state index contributed by atoms with van der Waals surface area (Å²) in [7, 11) is 0. The highest BCUT2D eigenvalue weighted by atomic mass is 19.4. The summed E-state index contributed by atoms with van der Waals surface area (Å²) in [5, 5.41) is 2.65. The maximum absolute atomic E-state index is 12.6. The second-order valence-electron chi connectivity index (χ2n) is 6.96. The standard InChI is InChI=1S/C20H20F3N3O3/c21-20(22,23)15-2-4-16(5-3-15)24-19(27)26-9-7-25(8-10-26)12-14-1-6-17-18(11-14)29-13-28-17/h1-6,11H,7-10,12-13H2,(H,24,27). The number of halogens is 3. The van der Waals surface area contributed by atoms with Crippen LogP contribution in [0.25, 0.3) is 0 Å². The van der Waals surface area contributed by atoms with E-state index in [1.54, 1.807) is 4.90 Å². The van der Waals surface area contributed by atoms with Crippen molar-refractivity contribution in [2.24, 2.45) is 0 Å². The van der Waals surface area contributed by atoms with Crippen LogP contribution in [0.4, 0.5) is 23.7 Å². The maximum Gasteiger partial charge on any atom is 0.416 e. The van der Waals surface area contributed by atoms with Gasteiger partial charge in [-0.25, -0.2) is 4.79 Å². The van der Waals surface area contributed by atoms with Crippen molar-refractivity contribution in [3.05, 3.63) is 53.6 Å². The Kier molecular flexibility index (Phi) is 5.23. The normalized spacial score (nSPS) is 16.7. The first-order valence-corrected chi connectivity index (χ1v) is 9.22. The molecule has 0 spiro atoms. The molecule has 1 fully saturated rings. The van der Waals surface area contributed by atoms with E-state index in [1.807, 2.05) is 18.2 Å². The lowest BCUT2D eigenvalue weighted by Crippen LogP contribution is -2.49. The molecule has 2 heterocycles. The molecule has 0 aromatic heterocycles. The zero-order valence-corrected chi connectivity index (χ0v) is 15.5. The number of hydrogen-bond donors (Lipinski definition) is 1. The van der Waals surface area contributed by atoms with Crippen molar-refractivity contribution in [2.45, 2.75) is 12.7 Å². The third kappa shape index (κ3) is 4.56. The zero-order chi connectivity index (χ0) is 20.4. The van der Waals surface area contributed by atoms with Gasteiger partial charge < -0.3 is 19.7 Å². The van der Waals surface area contributed by atoms with Crippen LogP contribution in [0.2, 0.25) is 0 Å². The van der Waals surface area contributed by atoms with Crippen molar-refractivity contribution in [1.29, 1.82) is 0 Å². The van der Waals surface area contributed by atoms with Crippen molar-refractivity contribution >= 4 is 11.7 Å². The number of urea groups is 1. The molecule has 2 aliphatic rings. The van der Waals surface area contributed by atoms with Gasteiger partial charge in [0, 0.05) is 38.4 Å². The number of nitrogens with zero attached hydrogens (tertiary/aromatic N) is 2. The molecule has 0 aliphatic carbocycles. The zero-order valence-electron chi connectivity index (χ0n) is 15.5. The van der Waals surface area contributed by atoms with Crippen molar-refractivity contribution in [2.75, 3.05) is 38.3 Å². The Morgan fingerprint density at radius 2 is 1.66 bits per heavy atom. The molecule has 0 atom stereocenters. The van der Waals surface area contributed by atoms with E-state index >= 15 is 0 Å². The fourth-order valence-corrected chi connectivity index (χ4v) is 3.35. The fourth-order valence-electron chi connectivity index (χ4n) is 3.35. The van der Waals surface area contributed by atoms with Crippen LogP contribution in [-0.2, 0) is 12.7 Å². The molecule has 2 aromatic carbocycles. The Bertz CT molecular complexity index is 879.